The highest BCUT2D eigenvalue weighted by Crippen LogP contribution is 2.49. The molecule has 1 saturated heterocycles. The fraction of sp³-hybridized carbons (Fsp3) is 0.556. The fourth-order valence-corrected chi connectivity index (χ4v) is 5.30. The molecule has 136 valence electrons. The molecule has 1 unspecified atom stereocenters. The summed E-state index contributed by atoms with van der Waals surface area (Å²) in [6.45, 7) is 0.455. The van der Waals surface area contributed by atoms with Gasteiger partial charge in [0.15, 0.2) is 9.84 Å². The van der Waals surface area contributed by atoms with Gasteiger partial charge in [-0.1, -0.05) is 30.3 Å². The first-order valence-electron chi connectivity index (χ1n) is 8.52. The zero-order valence-corrected chi connectivity index (χ0v) is 15.5. The average molecular weight is 364 g/mol. The Labute approximate surface area is 148 Å². The van der Waals surface area contributed by atoms with Crippen LogP contribution in [-0.2, 0) is 26.0 Å². The van der Waals surface area contributed by atoms with E-state index in [-0.39, 0.29) is 29.4 Å². The number of hydrogen-bond donors (Lipinski definition) is 0. The molecule has 2 fully saturated rings. The van der Waals surface area contributed by atoms with E-state index in [1.54, 1.807) is 19.0 Å². The van der Waals surface area contributed by atoms with Gasteiger partial charge in [-0.2, -0.15) is 0 Å². The van der Waals surface area contributed by atoms with Crippen molar-refractivity contribution >= 4 is 21.7 Å². The Bertz CT molecular complexity index is 772. The molecule has 1 atom stereocenters. The molecule has 2 amide bonds. The van der Waals surface area contributed by atoms with Crippen molar-refractivity contribution in [2.24, 2.45) is 5.41 Å². The molecule has 7 heteroatoms. The summed E-state index contributed by atoms with van der Waals surface area (Å²) in [6.07, 6.45) is 1.52. The van der Waals surface area contributed by atoms with Gasteiger partial charge >= 0.3 is 0 Å². The monoisotopic (exact) mass is 364 g/mol. The maximum absolute atomic E-state index is 12.9. The van der Waals surface area contributed by atoms with Gasteiger partial charge in [0, 0.05) is 26.7 Å². The maximum Gasteiger partial charge on any atom is 0.238 e. The summed E-state index contributed by atoms with van der Waals surface area (Å²) in [7, 11) is 0.269. The third-order valence-corrected chi connectivity index (χ3v) is 7.00. The van der Waals surface area contributed by atoms with E-state index >= 15 is 0 Å². The number of carbonyl (C=O) groups excluding carboxylic acids is 2. The summed E-state index contributed by atoms with van der Waals surface area (Å²) in [5.41, 5.74) is 0.0156. The lowest BCUT2D eigenvalue weighted by Crippen LogP contribution is -2.48. The molecular formula is C18H24N2O4S. The summed E-state index contributed by atoms with van der Waals surface area (Å²) in [4.78, 5) is 28.9. The Morgan fingerprint density at radius 1 is 1.12 bits per heavy atom. The highest BCUT2D eigenvalue weighted by molar-refractivity contribution is 7.91. The zero-order chi connectivity index (χ0) is 18.2. The van der Waals surface area contributed by atoms with Crippen LogP contribution in [0, 0.1) is 5.41 Å². The number of hydrogen-bond acceptors (Lipinski definition) is 4. The van der Waals surface area contributed by atoms with E-state index in [9.17, 15) is 18.0 Å². The van der Waals surface area contributed by atoms with E-state index in [4.69, 9.17) is 0 Å². The van der Waals surface area contributed by atoms with Gasteiger partial charge in [0.1, 0.15) is 5.41 Å². The minimum absolute atomic E-state index is 0.000630. The summed E-state index contributed by atoms with van der Waals surface area (Å²) < 4.78 is 23.3. The Kier molecular flexibility index (Phi) is 4.62. The lowest BCUT2D eigenvalue weighted by molar-refractivity contribution is -0.149. The quantitative estimate of drug-likeness (QED) is 0.733. The van der Waals surface area contributed by atoms with Crippen LogP contribution in [0.4, 0.5) is 0 Å². The van der Waals surface area contributed by atoms with Crippen LogP contribution in [0.3, 0.4) is 0 Å². The molecule has 1 aromatic rings. The van der Waals surface area contributed by atoms with E-state index in [0.717, 1.165) is 5.56 Å². The molecule has 1 aliphatic heterocycles. The first-order chi connectivity index (χ1) is 11.8. The van der Waals surface area contributed by atoms with Gasteiger partial charge in [0.25, 0.3) is 0 Å². The highest BCUT2D eigenvalue weighted by atomic mass is 32.2. The van der Waals surface area contributed by atoms with E-state index < -0.39 is 15.3 Å². The molecule has 1 aliphatic carbocycles. The molecule has 0 spiro atoms. The molecular weight excluding hydrogens is 340 g/mol. The largest absolute Gasteiger partial charge is 0.341 e. The molecule has 3 rings (SSSR count). The van der Waals surface area contributed by atoms with E-state index in [2.05, 4.69) is 0 Å². The lowest BCUT2D eigenvalue weighted by atomic mass is 10.0. The topological polar surface area (TPSA) is 74.8 Å². The van der Waals surface area contributed by atoms with Gasteiger partial charge in [-0.15, -0.1) is 0 Å². The Morgan fingerprint density at radius 2 is 1.76 bits per heavy atom. The molecule has 0 aromatic heterocycles. The molecule has 1 aromatic carbocycles. The minimum Gasteiger partial charge on any atom is -0.341 e. The van der Waals surface area contributed by atoms with Crippen LogP contribution in [0.1, 0.15) is 24.8 Å². The van der Waals surface area contributed by atoms with E-state index in [1.807, 2.05) is 30.3 Å². The number of nitrogens with zero attached hydrogens (tertiary/aromatic N) is 2. The summed E-state index contributed by atoms with van der Waals surface area (Å²) in [5.74, 6) is -0.294. The van der Waals surface area contributed by atoms with Crippen LogP contribution in [0.5, 0.6) is 0 Å². The van der Waals surface area contributed by atoms with Gasteiger partial charge in [0.05, 0.1) is 11.5 Å². The van der Waals surface area contributed by atoms with Crippen LogP contribution >= 0.6 is 0 Å². The molecule has 2 aliphatic rings. The predicted octanol–water partition coefficient (Wildman–Crippen LogP) is 1.07. The van der Waals surface area contributed by atoms with Gasteiger partial charge in [-0.25, -0.2) is 8.42 Å². The smallest absolute Gasteiger partial charge is 0.238 e. The van der Waals surface area contributed by atoms with E-state index in [1.165, 1.54) is 4.90 Å². The van der Waals surface area contributed by atoms with Gasteiger partial charge in [-0.3, -0.25) is 9.59 Å². The first kappa shape index (κ1) is 17.9. The second kappa shape index (κ2) is 6.44. The Hall–Kier alpha value is -1.89. The molecule has 25 heavy (non-hydrogen) atoms. The van der Waals surface area contributed by atoms with Gasteiger partial charge in [0.2, 0.25) is 11.8 Å². The molecule has 1 saturated carbocycles. The molecule has 0 N–H and O–H groups in total. The standard InChI is InChI=1S/C18H24N2O4S/c1-19(12-14-6-4-3-5-7-14)16(21)18(9-10-18)17(22)20(2)15-8-11-25(23,24)13-15/h3-7,15H,8-13H2,1-2H3. The average Bonchev–Trinajstić information content (AvgIpc) is 3.32. The van der Waals surface area contributed by atoms with Crippen LogP contribution in [0.25, 0.3) is 0 Å². The summed E-state index contributed by atoms with van der Waals surface area (Å²) in [5, 5.41) is 0. The van der Waals surface area contributed by atoms with Crippen molar-refractivity contribution in [2.45, 2.75) is 31.8 Å². The number of benzene rings is 1. The highest BCUT2D eigenvalue weighted by Gasteiger charge is 2.59. The van der Waals surface area contributed by atoms with Crippen molar-refractivity contribution in [1.82, 2.24) is 9.80 Å². The normalized spacial score (nSPS) is 23.0. The van der Waals surface area contributed by atoms with E-state index in [0.29, 0.717) is 25.8 Å². The number of carbonyl (C=O) groups is 2. The van der Waals surface area contributed by atoms with Crippen molar-refractivity contribution in [3.05, 3.63) is 35.9 Å². The van der Waals surface area contributed by atoms with Crippen LogP contribution in [0.15, 0.2) is 30.3 Å². The zero-order valence-electron chi connectivity index (χ0n) is 14.6. The molecule has 6 nitrogen and oxygen atoms in total. The van der Waals surface area contributed by atoms with Crippen molar-refractivity contribution in [1.29, 1.82) is 0 Å². The summed E-state index contributed by atoms with van der Waals surface area (Å²) >= 11 is 0. The van der Waals surface area contributed by atoms with Crippen LogP contribution in [0.2, 0.25) is 0 Å². The molecule has 0 radical (unpaired) electrons. The van der Waals surface area contributed by atoms with Crippen LogP contribution in [-0.4, -0.2) is 61.7 Å². The second-order valence-electron chi connectivity index (χ2n) is 7.20. The molecule has 1 heterocycles. The number of sulfone groups is 1. The lowest BCUT2D eigenvalue weighted by Gasteiger charge is -2.30. The first-order valence-corrected chi connectivity index (χ1v) is 10.3. The Balaban J connectivity index is 1.68. The minimum atomic E-state index is -3.07. The third-order valence-electron chi connectivity index (χ3n) is 5.25. The van der Waals surface area contributed by atoms with Gasteiger partial charge < -0.3 is 9.80 Å². The SMILES string of the molecule is CN(Cc1ccccc1)C(=O)C1(C(=O)N(C)C2CCS(=O)(=O)C2)CC1. The molecule has 0 bridgehead atoms. The van der Waals surface area contributed by atoms with Crippen molar-refractivity contribution < 1.29 is 18.0 Å². The second-order valence-corrected chi connectivity index (χ2v) is 9.43. The number of rotatable bonds is 5. The van der Waals surface area contributed by atoms with Crippen molar-refractivity contribution in [3.63, 3.8) is 0 Å². The van der Waals surface area contributed by atoms with Crippen LogP contribution < -0.4 is 0 Å². The third kappa shape index (κ3) is 3.56. The van der Waals surface area contributed by atoms with Gasteiger partial charge in [-0.05, 0) is 24.8 Å². The Morgan fingerprint density at radius 3 is 2.28 bits per heavy atom. The number of amides is 2. The van der Waals surface area contributed by atoms with Crippen molar-refractivity contribution in [2.75, 3.05) is 25.6 Å². The maximum atomic E-state index is 12.9. The summed E-state index contributed by atoms with van der Waals surface area (Å²) in [6, 6.07) is 9.32. The fourth-order valence-electron chi connectivity index (χ4n) is 3.52. The van der Waals surface area contributed by atoms with Crippen molar-refractivity contribution in [3.8, 4) is 0 Å². The predicted molar refractivity (Wildman–Crippen MR) is 94.4 cm³/mol.